The fraction of sp³-hybridized carbons (Fsp3) is 0.375. The maximum Gasteiger partial charge on any atom is 0.220 e. The molecule has 2 N–H and O–H groups in total. The second kappa shape index (κ2) is 3.92. The van der Waals surface area contributed by atoms with Gasteiger partial charge in [0.2, 0.25) is 11.8 Å². The Hall–Kier alpha value is -1.29. The highest BCUT2D eigenvalue weighted by Gasteiger charge is 2.03. The zero-order valence-electron chi connectivity index (χ0n) is 7.20. The van der Waals surface area contributed by atoms with Gasteiger partial charge in [-0.25, -0.2) is 0 Å². The zero-order valence-corrected chi connectivity index (χ0v) is 7.20. The normalized spacial score (nSPS) is 9.58. The minimum absolute atomic E-state index is 0.417. The van der Waals surface area contributed by atoms with Crippen molar-refractivity contribution in [2.75, 3.05) is 14.2 Å². The summed E-state index contributed by atoms with van der Waals surface area (Å²) in [5, 5.41) is 0. The van der Waals surface area contributed by atoms with Crippen molar-refractivity contribution in [3.05, 3.63) is 17.7 Å². The molecule has 0 aromatic carbocycles. The van der Waals surface area contributed by atoms with E-state index in [1.807, 2.05) is 6.07 Å². The molecule has 0 aliphatic carbocycles. The molecule has 66 valence electrons. The second-order valence-corrected chi connectivity index (χ2v) is 2.23. The van der Waals surface area contributed by atoms with Gasteiger partial charge in [0.1, 0.15) is 0 Å². The standard InChI is InChI=1S/C8H12N2O2/c1-11-7-4-3-6(5-9)8(10-7)12-2/h3-4H,5,9H2,1-2H3. The molecule has 1 aromatic rings. The highest BCUT2D eigenvalue weighted by atomic mass is 16.5. The number of pyridine rings is 1. The summed E-state index contributed by atoms with van der Waals surface area (Å²) in [6, 6.07) is 3.59. The topological polar surface area (TPSA) is 57.4 Å². The summed E-state index contributed by atoms with van der Waals surface area (Å²) in [4.78, 5) is 4.06. The van der Waals surface area contributed by atoms with E-state index in [0.29, 0.717) is 18.3 Å². The van der Waals surface area contributed by atoms with E-state index in [0.717, 1.165) is 5.56 Å². The minimum Gasteiger partial charge on any atom is -0.481 e. The third-order valence-corrected chi connectivity index (χ3v) is 1.54. The molecule has 1 heterocycles. The fourth-order valence-electron chi connectivity index (χ4n) is 0.898. The summed E-state index contributed by atoms with van der Waals surface area (Å²) in [6.07, 6.45) is 0. The molecule has 4 heteroatoms. The van der Waals surface area contributed by atoms with Crippen LogP contribution in [-0.2, 0) is 6.54 Å². The third kappa shape index (κ3) is 1.65. The Morgan fingerprint density at radius 1 is 1.33 bits per heavy atom. The average molecular weight is 168 g/mol. The Labute approximate surface area is 71.3 Å². The number of hydrogen-bond donors (Lipinski definition) is 1. The Kier molecular flexibility index (Phi) is 2.88. The van der Waals surface area contributed by atoms with Gasteiger partial charge in [0.15, 0.2) is 0 Å². The maximum atomic E-state index is 5.46. The molecular weight excluding hydrogens is 156 g/mol. The van der Waals surface area contributed by atoms with Gasteiger partial charge in [-0.3, -0.25) is 0 Å². The van der Waals surface area contributed by atoms with Gasteiger partial charge in [0.05, 0.1) is 14.2 Å². The van der Waals surface area contributed by atoms with Crippen molar-refractivity contribution >= 4 is 0 Å². The van der Waals surface area contributed by atoms with Crippen molar-refractivity contribution in [3.63, 3.8) is 0 Å². The van der Waals surface area contributed by atoms with E-state index in [1.165, 1.54) is 0 Å². The summed E-state index contributed by atoms with van der Waals surface area (Å²) in [5.41, 5.74) is 6.33. The molecule has 4 nitrogen and oxygen atoms in total. The lowest BCUT2D eigenvalue weighted by atomic mass is 10.3. The average Bonchev–Trinajstić information content (AvgIpc) is 2.16. The molecule has 0 bridgehead atoms. The predicted octanol–water partition coefficient (Wildman–Crippen LogP) is 0.557. The fourth-order valence-corrected chi connectivity index (χ4v) is 0.898. The van der Waals surface area contributed by atoms with E-state index in [-0.39, 0.29) is 0 Å². The van der Waals surface area contributed by atoms with Crippen LogP contribution in [-0.4, -0.2) is 19.2 Å². The number of nitrogens with two attached hydrogens (primary N) is 1. The second-order valence-electron chi connectivity index (χ2n) is 2.23. The molecule has 0 saturated carbocycles. The number of nitrogens with zero attached hydrogens (tertiary/aromatic N) is 1. The van der Waals surface area contributed by atoms with Gasteiger partial charge in [0, 0.05) is 18.2 Å². The summed E-state index contributed by atoms with van der Waals surface area (Å²) in [7, 11) is 3.12. The molecule has 0 amide bonds. The van der Waals surface area contributed by atoms with E-state index in [1.54, 1.807) is 20.3 Å². The van der Waals surface area contributed by atoms with Crippen LogP contribution in [0, 0.1) is 0 Å². The number of rotatable bonds is 3. The molecule has 1 aromatic heterocycles. The van der Waals surface area contributed by atoms with Gasteiger partial charge < -0.3 is 15.2 Å². The lowest BCUT2D eigenvalue weighted by Crippen LogP contribution is -2.02. The molecule has 0 atom stereocenters. The SMILES string of the molecule is COc1ccc(CN)c(OC)n1. The molecule has 0 radical (unpaired) electrons. The van der Waals surface area contributed by atoms with Crippen molar-refractivity contribution in [3.8, 4) is 11.8 Å². The van der Waals surface area contributed by atoms with E-state index in [2.05, 4.69) is 4.98 Å². The maximum absolute atomic E-state index is 5.46. The lowest BCUT2D eigenvalue weighted by molar-refractivity contribution is 0.361. The quantitative estimate of drug-likeness (QED) is 0.716. The summed E-state index contributed by atoms with van der Waals surface area (Å²) in [6.45, 7) is 0.417. The largest absolute Gasteiger partial charge is 0.481 e. The molecule has 0 saturated heterocycles. The minimum atomic E-state index is 0.417. The molecule has 0 aliphatic heterocycles. The summed E-state index contributed by atoms with van der Waals surface area (Å²) >= 11 is 0. The van der Waals surface area contributed by atoms with Crippen LogP contribution >= 0.6 is 0 Å². The molecule has 0 unspecified atom stereocenters. The first-order valence-electron chi connectivity index (χ1n) is 3.59. The lowest BCUT2D eigenvalue weighted by Gasteiger charge is -2.06. The first-order chi connectivity index (χ1) is 5.81. The van der Waals surface area contributed by atoms with Crippen molar-refractivity contribution in [2.45, 2.75) is 6.54 Å². The van der Waals surface area contributed by atoms with Crippen LogP contribution in [0.1, 0.15) is 5.56 Å². The van der Waals surface area contributed by atoms with Crippen LogP contribution in [0.5, 0.6) is 11.8 Å². The Balaban J connectivity index is 3.02. The first kappa shape index (κ1) is 8.80. The van der Waals surface area contributed by atoms with Crippen LogP contribution in [0.15, 0.2) is 12.1 Å². The van der Waals surface area contributed by atoms with Gasteiger partial charge in [-0.15, -0.1) is 0 Å². The van der Waals surface area contributed by atoms with E-state index in [9.17, 15) is 0 Å². The van der Waals surface area contributed by atoms with Crippen LogP contribution in [0.3, 0.4) is 0 Å². The summed E-state index contributed by atoms with van der Waals surface area (Å²) < 4.78 is 9.93. The zero-order chi connectivity index (χ0) is 8.97. The molecule has 0 fully saturated rings. The van der Waals surface area contributed by atoms with Gasteiger partial charge >= 0.3 is 0 Å². The summed E-state index contributed by atoms with van der Waals surface area (Å²) in [5.74, 6) is 1.06. The van der Waals surface area contributed by atoms with Crippen LogP contribution < -0.4 is 15.2 Å². The Bertz CT molecular complexity index is 263. The molecular formula is C8H12N2O2. The Morgan fingerprint density at radius 3 is 2.58 bits per heavy atom. The van der Waals surface area contributed by atoms with Crippen molar-refractivity contribution in [2.24, 2.45) is 5.73 Å². The van der Waals surface area contributed by atoms with Crippen molar-refractivity contribution in [1.29, 1.82) is 0 Å². The number of aromatic nitrogens is 1. The van der Waals surface area contributed by atoms with Gasteiger partial charge in [0.25, 0.3) is 0 Å². The van der Waals surface area contributed by atoms with E-state index >= 15 is 0 Å². The Morgan fingerprint density at radius 2 is 2.08 bits per heavy atom. The van der Waals surface area contributed by atoms with E-state index < -0.39 is 0 Å². The smallest absolute Gasteiger partial charge is 0.220 e. The van der Waals surface area contributed by atoms with Gasteiger partial charge in [-0.1, -0.05) is 0 Å². The first-order valence-corrected chi connectivity index (χ1v) is 3.59. The van der Waals surface area contributed by atoms with Gasteiger partial charge in [-0.2, -0.15) is 4.98 Å². The van der Waals surface area contributed by atoms with Crippen LogP contribution in [0.2, 0.25) is 0 Å². The highest BCUT2D eigenvalue weighted by Crippen LogP contribution is 2.18. The molecule has 12 heavy (non-hydrogen) atoms. The van der Waals surface area contributed by atoms with Crippen LogP contribution in [0.4, 0.5) is 0 Å². The number of ether oxygens (including phenoxy) is 2. The molecule has 1 rings (SSSR count). The van der Waals surface area contributed by atoms with E-state index in [4.69, 9.17) is 15.2 Å². The third-order valence-electron chi connectivity index (χ3n) is 1.54. The molecule has 0 spiro atoms. The monoisotopic (exact) mass is 168 g/mol. The highest BCUT2D eigenvalue weighted by molar-refractivity contribution is 5.30. The van der Waals surface area contributed by atoms with Gasteiger partial charge in [-0.05, 0) is 6.07 Å². The van der Waals surface area contributed by atoms with Crippen molar-refractivity contribution < 1.29 is 9.47 Å². The van der Waals surface area contributed by atoms with Crippen LogP contribution in [0.25, 0.3) is 0 Å². The number of methoxy groups -OCH3 is 2. The number of hydrogen-bond acceptors (Lipinski definition) is 4. The molecule has 0 aliphatic rings. The van der Waals surface area contributed by atoms with Crippen molar-refractivity contribution in [1.82, 2.24) is 4.98 Å². The predicted molar refractivity (Wildman–Crippen MR) is 45.2 cm³/mol.